The maximum atomic E-state index is 7.53. The van der Waals surface area contributed by atoms with Crippen LogP contribution in [0.25, 0.3) is 0 Å². The largest absolute Gasteiger partial charge is 0.497 e. The molecule has 4 nitrogen and oxygen atoms in total. The Bertz CT molecular complexity index is 959. The second-order valence-electron chi connectivity index (χ2n) is 5.53. The van der Waals surface area contributed by atoms with Crippen LogP contribution in [0.2, 0.25) is 0 Å². The topological polar surface area (TPSA) is 36.9 Å². The Labute approximate surface area is 161 Å². The van der Waals surface area contributed by atoms with E-state index in [1.54, 1.807) is 13.8 Å². The van der Waals surface area contributed by atoms with E-state index in [1.165, 1.54) is 24.3 Å². The van der Waals surface area contributed by atoms with Crippen LogP contribution in [-0.2, 0) is 0 Å². The lowest BCUT2D eigenvalue weighted by Crippen LogP contribution is -2.11. The Morgan fingerprint density at radius 3 is 1.54 bits per heavy atom. The van der Waals surface area contributed by atoms with Crippen molar-refractivity contribution in [1.29, 1.82) is 0 Å². The lowest BCUT2D eigenvalue weighted by Gasteiger charge is -2.26. The molecule has 24 heavy (non-hydrogen) atoms. The van der Waals surface area contributed by atoms with Gasteiger partial charge in [-0.1, -0.05) is 26.0 Å². The van der Waals surface area contributed by atoms with Crippen LogP contribution in [0.15, 0.2) is 36.4 Å². The van der Waals surface area contributed by atoms with E-state index in [0.29, 0.717) is 0 Å². The number of methoxy groups -OCH3 is 4. The van der Waals surface area contributed by atoms with Crippen LogP contribution in [0, 0.1) is 5.92 Å². The molecule has 0 fully saturated rings. The van der Waals surface area contributed by atoms with Crippen molar-refractivity contribution in [3.05, 3.63) is 47.5 Å². The van der Waals surface area contributed by atoms with Crippen LogP contribution in [0.3, 0.4) is 0 Å². The van der Waals surface area contributed by atoms with E-state index < -0.39 is 34.1 Å². The van der Waals surface area contributed by atoms with Crippen LogP contribution in [0.4, 0.5) is 0 Å². The van der Waals surface area contributed by atoms with Crippen molar-refractivity contribution in [2.75, 3.05) is 28.2 Å². The van der Waals surface area contributed by atoms with E-state index >= 15 is 0 Å². The minimum Gasteiger partial charge on any atom is -0.497 e. The van der Waals surface area contributed by atoms with E-state index in [9.17, 15) is 0 Å². The predicted molar refractivity (Wildman–Crippen MR) is 95.8 cm³/mol. The summed E-state index contributed by atoms with van der Waals surface area (Å²) in [5, 5.41) is 0. The molecule has 0 aliphatic rings. The summed E-state index contributed by atoms with van der Waals surface area (Å²) in [5.74, 6) is -1.78. The van der Waals surface area contributed by atoms with Gasteiger partial charge >= 0.3 is 0 Å². The van der Waals surface area contributed by atoms with Gasteiger partial charge in [0.15, 0.2) is 0 Å². The highest BCUT2D eigenvalue weighted by Crippen LogP contribution is 2.43. The van der Waals surface area contributed by atoms with Crippen molar-refractivity contribution in [2.24, 2.45) is 5.92 Å². The van der Waals surface area contributed by atoms with Crippen LogP contribution in [0.5, 0.6) is 23.0 Å². The van der Waals surface area contributed by atoms with E-state index in [-0.39, 0.29) is 40.0 Å². The third-order valence-electron chi connectivity index (χ3n) is 3.76. The van der Waals surface area contributed by atoms with Crippen molar-refractivity contribution in [3.63, 3.8) is 0 Å². The van der Waals surface area contributed by atoms with Gasteiger partial charge in [-0.15, -0.1) is 0 Å². The Kier molecular flexibility index (Phi) is 2.55. The van der Waals surface area contributed by atoms with Crippen molar-refractivity contribution in [1.82, 2.24) is 0 Å². The summed E-state index contributed by atoms with van der Waals surface area (Å²) >= 11 is 0. The highest BCUT2D eigenvalue weighted by atomic mass is 16.5. The van der Waals surface area contributed by atoms with Crippen LogP contribution in [0.1, 0.15) is 47.3 Å². The number of hydrogen-bond acceptors (Lipinski definition) is 4. The molecule has 0 heterocycles. The summed E-state index contributed by atoms with van der Waals surface area (Å²) in [6.07, 6.45) is 0. The average molecular weight is 342 g/mol. The summed E-state index contributed by atoms with van der Waals surface area (Å²) in [6.45, 7) is 3.56. The molecule has 0 aliphatic carbocycles. The summed E-state index contributed by atoms with van der Waals surface area (Å²) in [7, 11) is -11.4. The molecule has 0 N–H and O–H groups in total. The van der Waals surface area contributed by atoms with Gasteiger partial charge in [0.05, 0.1) is 44.6 Å². The second kappa shape index (κ2) is 7.95. The summed E-state index contributed by atoms with van der Waals surface area (Å²) < 4.78 is 109. The quantitative estimate of drug-likeness (QED) is 0.742. The molecule has 2 rings (SSSR count). The maximum Gasteiger partial charge on any atom is 0.126 e. The maximum absolute atomic E-state index is 7.53. The summed E-state index contributed by atoms with van der Waals surface area (Å²) in [6, 6.07) is 7.72. The third-order valence-corrected chi connectivity index (χ3v) is 3.76. The molecular formula is C20H26O4. The number of ether oxygens (including phenoxy) is 4. The van der Waals surface area contributed by atoms with Crippen molar-refractivity contribution in [2.45, 2.75) is 19.8 Å². The molecule has 0 aromatic heterocycles. The molecule has 0 radical (unpaired) electrons. The molecule has 130 valence electrons. The average Bonchev–Trinajstić information content (AvgIpc) is 2.59. The van der Waals surface area contributed by atoms with Crippen molar-refractivity contribution in [3.8, 4) is 23.0 Å². The lowest BCUT2D eigenvalue weighted by molar-refractivity contribution is 0.377. The van der Waals surface area contributed by atoms with Gasteiger partial charge in [-0.25, -0.2) is 0 Å². The first-order valence-corrected chi connectivity index (χ1v) is 7.17. The van der Waals surface area contributed by atoms with Crippen molar-refractivity contribution >= 4 is 0 Å². The molecular weight excluding hydrogens is 304 g/mol. The standard InChI is InChI=1S/C20H26O4/c1-13(2)20(16-9-7-14(21-3)11-18(16)23-5)17-10-8-15(22-4)12-19(17)24-6/h7-13,20H,1-6H3/i3D3,4D3,5D3,6D3. The second-order valence-corrected chi connectivity index (χ2v) is 5.53. The zero-order valence-electron chi connectivity index (χ0n) is 25.3. The fourth-order valence-corrected chi connectivity index (χ4v) is 2.73. The molecule has 0 unspecified atom stereocenters. The summed E-state index contributed by atoms with van der Waals surface area (Å²) in [5.41, 5.74) is 0.554. The van der Waals surface area contributed by atoms with Gasteiger partial charge in [0.25, 0.3) is 0 Å². The lowest BCUT2D eigenvalue weighted by atomic mass is 9.81. The fourth-order valence-electron chi connectivity index (χ4n) is 2.73. The van der Waals surface area contributed by atoms with Crippen LogP contribution >= 0.6 is 0 Å². The fraction of sp³-hybridized carbons (Fsp3) is 0.400. The predicted octanol–water partition coefficient (Wildman–Crippen LogP) is 4.51. The van der Waals surface area contributed by atoms with Crippen molar-refractivity contribution < 1.29 is 35.4 Å². The van der Waals surface area contributed by atoms with E-state index in [4.69, 9.17) is 35.4 Å². The minimum absolute atomic E-state index is 0.166. The van der Waals surface area contributed by atoms with Crippen LogP contribution < -0.4 is 18.9 Å². The highest BCUT2D eigenvalue weighted by Gasteiger charge is 2.25. The number of hydrogen-bond donors (Lipinski definition) is 0. The number of benzene rings is 2. The van der Waals surface area contributed by atoms with E-state index in [2.05, 4.69) is 0 Å². The third kappa shape index (κ3) is 3.58. The Balaban J connectivity index is 2.72. The smallest absolute Gasteiger partial charge is 0.126 e. The summed E-state index contributed by atoms with van der Waals surface area (Å²) in [4.78, 5) is 0. The van der Waals surface area contributed by atoms with E-state index in [0.717, 1.165) is 12.1 Å². The van der Waals surface area contributed by atoms with Gasteiger partial charge < -0.3 is 18.9 Å². The molecule has 0 bridgehead atoms. The minimum atomic E-state index is -2.90. The Hall–Kier alpha value is -2.36. The number of rotatable bonds is 7. The molecule has 0 amide bonds. The van der Waals surface area contributed by atoms with Gasteiger partial charge in [0, 0.05) is 29.2 Å². The Morgan fingerprint density at radius 1 is 0.708 bits per heavy atom. The molecule has 2 aromatic rings. The molecule has 0 atom stereocenters. The van der Waals surface area contributed by atoms with Gasteiger partial charge in [-0.3, -0.25) is 0 Å². The van der Waals surface area contributed by atoms with E-state index in [1.807, 2.05) is 0 Å². The first-order chi connectivity index (χ1) is 16.1. The SMILES string of the molecule is [2H]C([2H])([2H])Oc1ccc(C(c2ccc(OC([2H])([2H])[2H])cc2OC([2H])([2H])[2H])C(C)C)c(OC([2H])([2H])[2H])c1. The first-order valence-electron chi connectivity index (χ1n) is 13.2. The van der Waals surface area contributed by atoms with Gasteiger partial charge in [0.1, 0.15) is 23.0 Å². The zero-order valence-corrected chi connectivity index (χ0v) is 13.3. The zero-order chi connectivity index (χ0) is 27.7. The monoisotopic (exact) mass is 342 g/mol. The molecule has 0 aliphatic heterocycles. The molecule has 0 spiro atoms. The molecule has 2 aromatic carbocycles. The van der Waals surface area contributed by atoms with Gasteiger partial charge in [-0.2, -0.15) is 0 Å². The normalized spacial score (nSPS) is 20.3. The van der Waals surface area contributed by atoms with Gasteiger partial charge in [-0.05, 0) is 18.1 Å². The Morgan fingerprint density at radius 2 is 1.17 bits per heavy atom. The highest BCUT2D eigenvalue weighted by molar-refractivity contribution is 5.51. The first kappa shape index (κ1) is 7.68. The molecule has 4 heteroatoms. The van der Waals surface area contributed by atoms with Crippen LogP contribution in [-0.4, -0.2) is 28.2 Å². The molecule has 0 saturated heterocycles. The van der Waals surface area contributed by atoms with Gasteiger partial charge in [0.2, 0.25) is 0 Å². The molecule has 0 saturated carbocycles.